The minimum absolute atomic E-state index is 0.190. The second kappa shape index (κ2) is 7.57. The molecule has 1 spiro atoms. The van der Waals surface area contributed by atoms with E-state index in [1.54, 1.807) is 4.90 Å². The molecule has 0 unspecified atom stereocenters. The molecule has 2 amide bonds. The van der Waals surface area contributed by atoms with Gasteiger partial charge in [-0.05, 0) is 52.7 Å². The first kappa shape index (κ1) is 21.0. The summed E-state index contributed by atoms with van der Waals surface area (Å²) in [6, 6.07) is 7.86. The van der Waals surface area contributed by atoms with Crippen LogP contribution in [0.2, 0.25) is 0 Å². The number of carbonyl (C=O) groups excluding carboxylic acids is 2. The molecule has 0 atom stereocenters. The second-order valence-corrected chi connectivity index (χ2v) is 8.80. The lowest BCUT2D eigenvalue weighted by Crippen LogP contribution is -2.57. The van der Waals surface area contributed by atoms with E-state index in [4.69, 9.17) is 4.74 Å². The Morgan fingerprint density at radius 1 is 1.14 bits per heavy atom. The molecule has 0 aliphatic carbocycles. The Labute approximate surface area is 171 Å². The number of amides is 2. The number of carbonyl (C=O) groups is 3. The first-order chi connectivity index (χ1) is 13.5. The normalized spacial score (nSPS) is 19.0. The number of anilines is 1. The van der Waals surface area contributed by atoms with Gasteiger partial charge in [0.2, 0.25) is 0 Å². The number of hydrogen-bond acceptors (Lipinski definition) is 5. The summed E-state index contributed by atoms with van der Waals surface area (Å²) in [5.41, 5.74) is 0.559. The molecule has 8 heteroatoms. The number of ether oxygens (including phenoxy) is 1. The number of aliphatic carboxylic acids is 1. The molecule has 2 saturated heterocycles. The van der Waals surface area contributed by atoms with Crippen LogP contribution < -0.4 is 4.90 Å². The van der Waals surface area contributed by atoms with E-state index in [1.165, 1.54) is 4.90 Å². The van der Waals surface area contributed by atoms with E-state index >= 15 is 0 Å². The first-order valence-electron chi connectivity index (χ1n) is 9.85. The fraction of sp³-hybridized carbons (Fsp3) is 0.571. The van der Waals surface area contributed by atoms with Crippen molar-refractivity contribution < 1.29 is 24.2 Å². The van der Waals surface area contributed by atoms with E-state index in [0.29, 0.717) is 25.9 Å². The van der Waals surface area contributed by atoms with Crippen LogP contribution in [0.5, 0.6) is 0 Å². The molecule has 3 rings (SSSR count). The SMILES string of the molecule is Cc1ccc(N2CN(CC(=O)O)C(=O)C23CCN(C(=O)OC(C)(C)C)CC3)cc1. The zero-order chi connectivity index (χ0) is 21.4. The van der Waals surface area contributed by atoms with Gasteiger partial charge in [-0.3, -0.25) is 9.59 Å². The van der Waals surface area contributed by atoms with Crippen LogP contribution in [0.4, 0.5) is 10.5 Å². The third-order valence-corrected chi connectivity index (χ3v) is 5.43. The molecule has 1 aromatic carbocycles. The molecule has 2 fully saturated rings. The van der Waals surface area contributed by atoms with Crippen molar-refractivity contribution in [1.82, 2.24) is 9.80 Å². The molecule has 158 valence electrons. The van der Waals surface area contributed by atoms with Crippen molar-refractivity contribution in [3.63, 3.8) is 0 Å². The highest BCUT2D eigenvalue weighted by molar-refractivity contribution is 5.95. The number of likely N-dealkylation sites (tertiary alicyclic amines) is 1. The van der Waals surface area contributed by atoms with Crippen molar-refractivity contribution in [1.29, 1.82) is 0 Å². The zero-order valence-electron chi connectivity index (χ0n) is 17.5. The average molecular weight is 403 g/mol. The largest absolute Gasteiger partial charge is 0.480 e. The van der Waals surface area contributed by atoms with Gasteiger partial charge in [-0.15, -0.1) is 0 Å². The van der Waals surface area contributed by atoms with Crippen LogP contribution in [0, 0.1) is 6.92 Å². The molecule has 2 aliphatic heterocycles. The van der Waals surface area contributed by atoms with Gasteiger partial charge in [0.1, 0.15) is 17.7 Å². The number of benzene rings is 1. The molecule has 2 heterocycles. The zero-order valence-corrected chi connectivity index (χ0v) is 17.5. The number of nitrogens with zero attached hydrogens (tertiary/aromatic N) is 3. The summed E-state index contributed by atoms with van der Waals surface area (Å²) in [6.45, 7) is 8.09. The van der Waals surface area contributed by atoms with Gasteiger partial charge in [0.15, 0.2) is 0 Å². The van der Waals surface area contributed by atoms with Crippen molar-refractivity contribution in [3.8, 4) is 0 Å². The number of aryl methyl sites for hydroxylation is 1. The van der Waals surface area contributed by atoms with Gasteiger partial charge in [0.05, 0.1) is 6.67 Å². The van der Waals surface area contributed by atoms with Crippen molar-refractivity contribution in [2.45, 2.75) is 51.7 Å². The summed E-state index contributed by atoms with van der Waals surface area (Å²) in [7, 11) is 0. The smallest absolute Gasteiger partial charge is 0.410 e. The summed E-state index contributed by atoms with van der Waals surface area (Å²) < 4.78 is 5.45. The Bertz CT molecular complexity index is 792. The molecular formula is C21H29N3O5. The van der Waals surface area contributed by atoms with Crippen LogP contribution in [0.15, 0.2) is 24.3 Å². The van der Waals surface area contributed by atoms with Crippen LogP contribution in [0.1, 0.15) is 39.2 Å². The van der Waals surface area contributed by atoms with E-state index in [-0.39, 0.29) is 25.2 Å². The van der Waals surface area contributed by atoms with Crippen LogP contribution in [-0.4, -0.2) is 70.3 Å². The second-order valence-electron chi connectivity index (χ2n) is 8.80. The van der Waals surface area contributed by atoms with Gasteiger partial charge in [-0.25, -0.2) is 4.79 Å². The van der Waals surface area contributed by atoms with Crippen molar-refractivity contribution in [2.24, 2.45) is 0 Å². The highest BCUT2D eigenvalue weighted by Gasteiger charge is 2.54. The molecule has 0 radical (unpaired) electrons. The molecule has 2 aliphatic rings. The monoisotopic (exact) mass is 403 g/mol. The van der Waals surface area contributed by atoms with Crippen LogP contribution in [0.25, 0.3) is 0 Å². The average Bonchev–Trinajstić information content (AvgIpc) is 2.87. The molecule has 0 bridgehead atoms. The highest BCUT2D eigenvalue weighted by Crippen LogP contribution is 2.39. The molecule has 0 aromatic heterocycles. The van der Waals surface area contributed by atoms with Crippen LogP contribution in [0.3, 0.4) is 0 Å². The van der Waals surface area contributed by atoms with E-state index in [1.807, 2.05) is 56.9 Å². The number of piperidine rings is 1. The molecule has 29 heavy (non-hydrogen) atoms. The fourth-order valence-corrected chi connectivity index (χ4v) is 3.99. The number of carboxylic acid groups (broad SMARTS) is 1. The maximum absolute atomic E-state index is 13.3. The van der Waals surface area contributed by atoms with Gasteiger partial charge >= 0.3 is 12.1 Å². The van der Waals surface area contributed by atoms with Crippen molar-refractivity contribution in [3.05, 3.63) is 29.8 Å². The standard InChI is InChI=1S/C21H29N3O5/c1-15-5-7-16(8-6-15)24-14-23(13-17(25)26)18(27)21(24)9-11-22(12-10-21)19(28)29-20(2,3)4/h5-8H,9-14H2,1-4H3,(H,25,26). The highest BCUT2D eigenvalue weighted by atomic mass is 16.6. The molecule has 8 nitrogen and oxygen atoms in total. The maximum atomic E-state index is 13.3. The lowest BCUT2D eigenvalue weighted by atomic mass is 9.85. The summed E-state index contributed by atoms with van der Waals surface area (Å²) in [4.78, 5) is 41.9. The Kier molecular flexibility index (Phi) is 5.47. The van der Waals surface area contributed by atoms with E-state index in [9.17, 15) is 19.5 Å². The quantitative estimate of drug-likeness (QED) is 0.834. The van der Waals surface area contributed by atoms with Crippen LogP contribution in [-0.2, 0) is 14.3 Å². The third kappa shape index (κ3) is 4.31. The predicted molar refractivity (Wildman–Crippen MR) is 108 cm³/mol. The van der Waals surface area contributed by atoms with Gasteiger partial charge in [0, 0.05) is 18.8 Å². The van der Waals surface area contributed by atoms with Crippen LogP contribution >= 0.6 is 0 Å². The summed E-state index contributed by atoms with van der Waals surface area (Å²) in [5.74, 6) is -1.23. The molecular weight excluding hydrogens is 374 g/mol. The summed E-state index contributed by atoms with van der Waals surface area (Å²) >= 11 is 0. The summed E-state index contributed by atoms with van der Waals surface area (Å²) in [6.07, 6.45) is 0.464. The Hall–Kier alpha value is -2.77. The van der Waals surface area contributed by atoms with Gasteiger partial charge < -0.3 is 24.5 Å². The summed E-state index contributed by atoms with van der Waals surface area (Å²) in [5, 5.41) is 9.21. The predicted octanol–water partition coefficient (Wildman–Crippen LogP) is 2.46. The molecule has 0 saturated carbocycles. The lowest BCUT2D eigenvalue weighted by Gasteiger charge is -2.43. The Morgan fingerprint density at radius 2 is 1.72 bits per heavy atom. The number of rotatable bonds is 3. The number of carboxylic acids is 1. The van der Waals surface area contributed by atoms with Crippen molar-refractivity contribution in [2.75, 3.05) is 31.2 Å². The van der Waals surface area contributed by atoms with E-state index < -0.39 is 17.1 Å². The van der Waals surface area contributed by atoms with E-state index in [2.05, 4.69) is 0 Å². The van der Waals surface area contributed by atoms with Gasteiger partial charge in [-0.2, -0.15) is 0 Å². The lowest BCUT2D eigenvalue weighted by molar-refractivity contribution is -0.144. The maximum Gasteiger partial charge on any atom is 0.410 e. The minimum Gasteiger partial charge on any atom is -0.480 e. The van der Waals surface area contributed by atoms with E-state index in [0.717, 1.165) is 11.3 Å². The third-order valence-electron chi connectivity index (χ3n) is 5.43. The molecule has 1 aromatic rings. The van der Waals surface area contributed by atoms with Gasteiger partial charge in [0.25, 0.3) is 5.91 Å². The van der Waals surface area contributed by atoms with Crippen molar-refractivity contribution >= 4 is 23.7 Å². The Morgan fingerprint density at radius 3 is 2.24 bits per heavy atom. The Balaban J connectivity index is 1.83. The number of hydrogen-bond donors (Lipinski definition) is 1. The fourth-order valence-electron chi connectivity index (χ4n) is 3.99. The first-order valence-corrected chi connectivity index (χ1v) is 9.85. The minimum atomic E-state index is -1.04. The van der Waals surface area contributed by atoms with Gasteiger partial charge in [-0.1, -0.05) is 17.7 Å². The molecule has 1 N–H and O–H groups in total. The topological polar surface area (TPSA) is 90.4 Å².